The molecule has 2 rings (SSSR count). The molecule has 0 atom stereocenters. The Morgan fingerprint density at radius 2 is 2.11 bits per heavy atom. The average molecular weight is 275 g/mol. The van der Waals surface area contributed by atoms with Crippen LogP contribution in [0.15, 0.2) is 42.6 Å². The first-order valence-electron chi connectivity index (χ1n) is 5.91. The Bertz CT molecular complexity index is 601. The fraction of sp³-hybridized carbons (Fsp3) is 0.143. The summed E-state index contributed by atoms with van der Waals surface area (Å²) in [6.07, 6.45) is 1.62. The molecule has 1 heterocycles. The van der Waals surface area contributed by atoms with E-state index in [-0.39, 0.29) is 10.8 Å². The third-order valence-corrected chi connectivity index (χ3v) is 2.98. The first-order chi connectivity index (χ1) is 9.13. The lowest BCUT2D eigenvalue weighted by molar-refractivity contribution is 0.625. The smallest absolute Gasteiger partial charge is 0.146 e. The Kier molecular flexibility index (Phi) is 4.06. The SMILES string of the molecule is CCN(c1ccnc(C(N)=S)c1)c1ccccc1F. The fourth-order valence-electron chi connectivity index (χ4n) is 1.88. The molecule has 5 heteroatoms. The molecule has 0 saturated heterocycles. The molecular weight excluding hydrogens is 261 g/mol. The van der Waals surface area contributed by atoms with E-state index in [0.717, 1.165) is 5.69 Å². The standard InChI is InChI=1S/C14H14FN3S/c1-2-18(13-6-4-3-5-11(13)15)10-7-8-17-12(9-10)14(16)19/h3-9H,2H2,1H3,(H2,16,19). The molecule has 0 unspecified atom stereocenters. The van der Waals surface area contributed by atoms with Gasteiger partial charge in [-0.2, -0.15) is 0 Å². The molecule has 0 aliphatic heterocycles. The van der Waals surface area contributed by atoms with Gasteiger partial charge >= 0.3 is 0 Å². The van der Waals surface area contributed by atoms with Gasteiger partial charge < -0.3 is 10.6 Å². The van der Waals surface area contributed by atoms with Crippen molar-refractivity contribution in [1.29, 1.82) is 0 Å². The molecule has 19 heavy (non-hydrogen) atoms. The number of rotatable bonds is 4. The van der Waals surface area contributed by atoms with Crippen LogP contribution in [-0.2, 0) is 0 Å². The summed E-state index contributed by atoms with van der Waals surface area (Å²) < 4.78 is 13.9. The second-order valence-corrected chi connectivity index (χ2v) is 4.40. The first kappa shape index (κ1) is 13.4. The monoisotopic (exact) mass is 275 g/mol. The molecule has 0 aliphatic rings. The number of nitrogens with two attached hydrogens (primary N) is 1. The summed E-state index contributed by atoms with van der Waals surface area (Å²) in [7, 11) is 0. The Hall–Kier alpha value is -2.01. The van der Waals surface area contributed by atoms with Crippen LogP contribution in [0.4, 0.5) is 15.8 Å². The summed E-state index contributed by atoms with van der Waals surface area (Å²) in [5, 5.41) is 0. The van der Waals surface area contributed by atoms with Crippen LogP contribution in [0.3, 0.4) is 0 Å². The van der Waals surface area contributed by atoms with Crippen LogP contribution in [0, 0.1) is 5.82 Å². The highest BCUT2D eigenvalue weighted by atomic mass is 32.1. The quantitative estimate of drug-likeness (QED) is 0.871. The zero-order valence-electron chi connectivity index (χ0n) is 10.5. The minimum absolute atomic E-state index is 0.228. The fourth-order valence-corrected chi connectivity index (χ4v) is 2.00. The largest absolute Gasteiger partial charge is 0.388 e. The van der Waals surface area contributed by atoms with Crippen LogP contribution in [0.2, 0.25) is 0 Å². The van der Waals surface area contributed by atoms with Gasteiger partial charge in [0.25, 0.3) is 0 Å². The van der Waals surface area contributed by atoms with E-state index < -0.39 is 0 Å². The van der Waals surface area contributed by atoms with E-state index in [1.807, 2.05) is 11.8 Å². The normalized spacial score (nSPS) is 10.2. The summed E-state index contributed by atoms with van der Waals surface area (Å²) >= 11 is 4.91. The molecule has 1 aromatic carbocycles. The topological polar surface area (TPSA) is 42.2 Å². The summed E-state index contributed by atoms with van der Waals surface area (Å²) in [5.74, 6) is -0.266. The summed E-state index contributed by atoms with van der Waals surface area (Å²) in [5.41, 5.74) is 7.43. The van der Waals surface area contributed by atoms with Crippen LogP contribution in [-0.4, -0.2) is 16.5 Å². The molecule has 0 aliphatic carbocycles. The van der Waals surface area contributed by atoms with Gasteiger partial charge in [0.15, 0.2) is 0 Å². The number of anilines is 2. The molecule has 0 bridgehead atoms. The average Bonchev–Trinajstić information content (AvgIpc) is 2.42. The van der Waals surface area contributed by atoms with Crippen molar-refractivity contribution in [1.82, 2.24) is 4.98 Å². The minimum Gasteiger partial charge on any atom is -0.388 e. The van der Waals surface area contributed by atoms with E-state index in [4.69, 9.17) is 18.0 Å². The van der Waals surface area contributed by atoms with Gasteiger partial charge in [-0.3, -0.25) is 4.98 Å². The lowest BCUT2D eigenvalue weighted by Gasteiger charge is -2.24. The minimum atomic E-state index is -0.266. The summed E-state index contributed by atoms with van der Waals surface area (Å²) in [6, 6.07) is 10.2. The maximum Gasteiger partial charge on any atom is 0.146 e. The Morgan fingerprint density at radius 1 is 1.37 bits per heavy atom. The maximum absolute atomic E-state index is 13.9. The molecule has 3 nitrogen and oxygen atoms in total. The van der Waals surface area contributed by atoms with Crippen molar-refractivity contribution in [2.24, 2.45) is 5.73 Å². The van der Waals surface area contributed by atoms with Gasteiger partial charge in [-0.1, -0.05) is 24.4 Å². The third kappa shape index (κ3) is 2.88. The number of hydrogen-bond acceptors (Lipinski definition) is 3. The Balaban J connectivity index is 2.45. The molecule has 0 spiro atoms. The molecule has 1 aromatic heterocycles. The number of pyridine rings is 1. The molecule has 2 N–H and O–H groups in total. The lowest BCUT2D eigenvalue weighted by atomic mass is 10.2. The van der Waals surface area contributed by atoms with Crippen molar-refractivity contribution in [3.05, 3.63) is 54.1 Å². The highest BCUT2D eigenvalue weighted by Crippen LogP contribution is 2.27. The molecule has 0 fully saturated rings. The van der Waals surface area contributed by atoms with E-state index in [0.29, 0.717) is 17.9 Å². The van der Waals surface area contributed by atoms with Gasteiger partial charge in [0, 0.05) is 18.4 Å². The van der Waals surface area contributed by atoms with Crippen molar-refractivity contribution in [3.8, 4) is 0 Å². The van der Waals surface area contributed by atoms with Crippen molar-refractivity contribution in [3.63, 3.8) is 0 Å². The number of thiocarbonyl (C=S) groups is 1. The van der Waals surface area contributed by atoms with E-state index in [1.165, 1.54) is 6.07 Å². The van der Waals surface area contributed by atoms with E-state index in [1.54, 1.807) is 36.5 Å². The van der Waals surface area contributed by atoms with Crippen molar-refractivity contribution < 1.29 is 4.39 Å². The van der Waals surface area contributed by atoms with Gasteiger partial charge in [0.05, 0.1) is 11.4 Å². The van der Waals surface area contributed by atoms with Crippen LogP contribution >= 0.6 is 12.2 Å². The molecule has 0 radical (unpaired) electrons. The Morgan fingerprint density at radius 3 is 2.74 bits per heavy atom. The van der Waals surface area contributed by atoms with Crippen molar-refractivity contribution >= 4 is 28.6 Å². The molecule has 2 aromatic rings. The number of para-hydroxylation sites is 1. The van der Waals surface area contributed by atoms with E-state index in [9.17, 15) is 4.39 Å². The van der Waals surface area contributed by atoms with Gasteiger partial charge in [-0.25, -0.2) is 4.39 Å². The molecule has 98 valence electrons. The molecular formula is C14H14FN3S. The van der Waals surface area contributed by atoms with Crippen molar-refractivity contribution in [2.45, 2.75) is 6.92 Å². The van der Waals surface area contributed by atoms with E-state index >= 15 is 0 Å². The zero-order valence-corrected chi connectivity index (χ0v) is 11.3. The summed E-state index contributed by atoms with van der Waals surface area (Å²) in [4.78, 5) is 6.16. The number of halogens is 1. The second-order valence-electron chi connectivity index (χ2n) is 3.96. The molecule has 0 amide bonds. The van der Waals surface area contributed by atoms with Gasteiger partial charge in [-0.15, -0.1) is 0 Å². The van der Waals surface area contributed by atoms with Crippen LogP contribution in [0.25, 0.3) is 0 Å². The highest BCUT2D eigenvalue weighted by Gasteiger charge is 2.12. The van der Waals surface area contributed by atoms with Crippen molar-refractivity contribution in [2.75, 3.05) is 11.4 Å². The lowest BCUT2D eigenvalue weighted by Crippen LogP contribution is -2.19. The highest BCUT2D eigenvalue weighted by molar-refractivity contribution is 7.80. The number of hydrogen-bond donors (Lipinski definition) is 1. The number of benzene rings is 1. The van der Waals surface area contributed by atoms with Crippen LogP contribution in [0.5, 0.6) is 0 Å². The van der Waals surface area contributed by atoms with E-state index in [2.05, 4.69) is 4.98 Å². The number of nitrogens with zero attached hydrogens (tertiary/aromatic N) is 2. The zero-order chi connectivity index (χ0) is 13.8. The van der Waals surface area contributed by atoms with Crippen LogP contribution in [0.1, 0.15) is 12.6 Å². The summed E-state index contributed by atoms with van der Waals surface area (Å²) in [6.45, 7) is 2.58. The predicted octanol–water partition coefficient (Wildman–Crippen LogP) is 3.01. The third-order valence-electron chi connectivity index (χ3n) is 2.77. The molecule has 0 saturated carbocycles. The Labute approximate surface area is 116 Å². The second kappa shape index (κ2) is 5.75. The van der Waals surface area contributed by atoms with Crippen LogP contribution < -0.4 is 10.6 Å². The van der Waals surface area contributed by atoms with Gasteiger partial charge in [0.1, 0.15) is 10.8 Å². The number of aromatic nitrogens is 1. The predicted molar refractivity (Wildman–Crippen MR) is 79.2 cm³/mol. The maximum atomic E-state index is 13.9. The van der Waals surface area contributed by atoms with Gasteiger partial charge in [0.2, 0.25) is 0 Å². The first-order valence-corrected chi connectivity index (χ1v) is 6.32. The van der Waals surface area contributed by atoms with Gasteiger partial charge in [-0.05, 0) is 31.2 Å².